The lowest BCUT2D eigenvalue weighted by Gasteiger charge is -2.27. The molecule has 0 aliphatic heterocycles. The molecular weight excluding hydrogens is 349 g/mol. The molecule has 138 valence electrons. The minimum Gasteiger partial charge on any atom is -0.329 e. The SMILES string of the molecule is NC1C2CCC(C2)C1C(=O)Nc1ccc(-c2noc(C(F)(F)F)n2)cc1. The van der Waals surface area contributed by atoms with Crippen LogP contribution in [0.4, 0.5) is 18.9 Å². The number of anilines is 1. The number of carbonyl (C=O) groups is 1. The largest absolute Gasteiger partial charge is 0.471 e. The number of carbonyl (C=O) groups excluding carboxylic acids is 1. The summed E-state index contributed by atoms with van der Waals surface area (Å²) in [5.74, 6) is -1.06. The Kier molecular flexibility index (Phi) is 3.98. The smallest absolute Gasteiger partial charge is 0.329 e. The number of benzene rings is 1. The summed E-state index contributed by atoms with van der Waals surface area (Å²) >= 11 is 0. The summed E-state index contributed by atoms with van der Waals surface area (Å²) in [6.07, 6.45) is -1.54. The quantitative estimate of drug-likeness (QED) is 0.871. The maximum atomic E-state index is 12.5. The Bertz CT molecular complexity index is 816. The molecule has 2 aliphatic rings. The average molecular weight is 366 g/mol. The van der Waals surface area contributed by atoms with Gasteiger partial charge in [-0.25, -0.2) is 0 Å². The van der Waals surface area contributed by atoms with Crippen LogP contribution in [0.15, 0.2) is 28.8 Å². The molecule has 1 amide bonds. The van der Waals surface area contributed by atoms with Gasteiger partial charge in [0, 0.05) is 17.3 Å². The number of halogens is 3. The van der Waals surface area contributed by atoms with E-state index in [9.17, 15) is 18.0 Å². The molecule has 4 atom stereocenters. The summed E-state index contributed by atoms with van der Waals surface area (Å²) in [4.78, 5) is 15.9. The lowest BCUT2D eigenvalue weighted by atomic mass is 9.84. The van der Waals surface area contributed by atoms with E-state index in [4.69, 9.17) is 5.73 Å². The summed E-state index contributed by atoms with van der Waals surface area (Å²) < 4.78 is 41.8. The molecule has 1 aromatic carbocycles. The molecule has 2 saturated carbocycles. The van der Waals surface area contributed by atoms with Crippen molar-refractivity contribution in [1.29, 1.82) is 0 Å². The summed E-state index contributed by atoms with van der Waals surface area (Å²) in [6.45, 7) is 0. The van der Waals surface area contributed by atoms with Crippen molar-refractivity contribution in [2.45, 2.75) is 31.5 Å². The van der Waals surface area contributed by atoms with Gasteiger partial charge in [0.2, 0.25) is 11.7 Å². The molecule has 0 saturated heterocycles. The summed E-state index contributed by atoms with van der Waals surface area (Å²) in [6, 6.07) is 6.14. The minimum absolute atomic E-state index is 0.101. The third kappa shape index (κ3) is 2.96. The van der Waals surface area contributed by atoms with E-state index in [1.165, 1.54) is 12.1 Å². The van der Waals surface area contributed by atoms with Crippen molar-refractivity contribution in [2.75, 3.05) is 5.32 Å². The van der Waals surface area contributed by atoms with Gasteiger partial charge in [-0.3, -0.25) is 4.79 Å². The molecule has 0 spiro atoms. The van der Waals surface area contributed by atoms with Gasteiger partial charge in [0.15, 0.2) is 0 Å². The highest BCUT2D eigenvalue weighted by Gasteiger charge is 2.49. The van der Waals surface area contributed by atoms with Crippen LogP contribution in [0.25, 0.3) is 11.4 Å². The summed E-state index contributed by atoms with van der Waals surface area (Å²) in [7, 11) is 0. The number of rotatable bonds is 3. The first-order chi connectivity index (χ1) is 12.3. The maximum Gasteiger partial charge on any atom is 0.471 e. The zero-order valence-electron chi connectivity index (χ0n) is 13.7. The zero-order valence-corrected chi connectivity index (χ0v) is 13.7. The second kappa shape index (κ2) is 6.08. The normalized spacial score (nSPS) is 27.7. The van der Waals surface area contributed by atoms with E-state index >= 15 is 0 Å². The number of alkyl halides is 3. The number of nitrogens with zero attached hydrogens (tertiary/aromatic N) is 2. The van der Waals surface area contributed by atoms with Gasteiger partial charge >= 0.3 is 12.1 Å². The van der Waals surface area contributed by atoms with Crippen molar-refractivity contribution < 1.29 is 22.5 Å². The lowest BCUT2D eigenvalue weighted by Crippen LogP contribution is -2.42. The summed E-state index contributed by atoms with van der Waals surface area (Å²) in [5.41, 5.74) is 7.09. The fourth-order valence-electron chi connectivity index (χ4n) is 4.11. The maximum absolute atomic E-state index is 12.5. The standard InChI is InChI=1S/C17H17F3N4O2/c18-17(19,20)16-23-14(24-26-16)8-3-5-11(6-4-8)22-15(25)12-9-1-2-10(7-9)13(12)21/h3-6,9-10,12-13H,1-2,7,21H2,(H,22,25). The number of fused-ring (bicyclic) bond motifs is 2. The van der Waals surface area contributed by atoms with Gasteiger partial charge in [0.05, 0.1) is 5.92 Å². The fraction of sp³-hybridized carbons (Fsp3) is 0.471. The van der Waals surface area contributed by atoms with Crippen molar-refractivity contribution in [2.24, 2.45) is 23.5 Å². The van der Waals surface area contributed by atoms with Crippen LogP contribution in [0.3, 0.4) is 0 Å². The van der Waals surface area contributed by atoms with E-state index in [0.29, 0.717) is 23.1 Å². The van der Waals surface area contributed by atoms with Crippen molar-refractivity contribution >= 4 is 11.6 Å². The molecule has 2 aliphatic carbocycles. The van der Waals surface area contributed by atoms with Crippen molar-refractivity contribution in [3.8, 4) is 11.4 Å². The van der Waals surface area contributed by atoms with E-state index in [0.717, 1.165) is 19.3 Å². The van der Waals surface area contributed by atoms with Crippen LogP contribution in [0, 0.1) is 17.8 Å². The molecule has 2 aromatic rings. The van der Waals surface area contributed by atoms with E-state index < -0.39 is 12.1 Å². The Morgan fingerprint density at radius 3 is 2.46 bits per heavy atom. The highest BCUT2D eigenvalue weighted by atomic mass is 19.4. The molecule has 26 heavy (non-hydrogen) atoms. The Balaban J connectivity index is 1.45. The number of hydrogen-bond acceptors (Lipinski definition) is 5. The van der Waals surface area contributed by atoms with Crippen LogP contribution in [0.2, 0.25) is 0 Å². The molecule has 3 N–H and O–H groups in total. The van der Waals surface area contributed by atoms with Gasteiger partial charge < -0.3 is 15.6 Å². The molecule has 1 heterocycles. The van der Waals surface area contributed by atoms with E-state index in [1.807, 2.05) is 0 Å². The predicted octanol–water partition coefficient (Wildman–Crippen LogP) is 3.07. The van der Waals surface area contributed by atoms with Gasteiger partial charge in [0.1, 0.15) is 0 Å². The molecule has 4 unspecified atom stereocenters. The van der Waals surface area contributed by atoms with Gasteiger partial charge in [-0.15, -0.1) is 0 Å². The first-order valence-corrected chi connectivity index (χ1v) is 8.40. The Labute approximate surface area is 146 Å². The fourth-order valence-corrected chi connectivity index (χ4v) is 4.11. The van der Waals surface area contributed by atoms with Gasteiger partial charge in [-0.1, -0.05) is 5.16 Å². The molecule has 6 nitrogen and oxygen atoms in total. The third-order valence-electron chi connectivity index (χ3n) is 5.36. The van der Waals surface area contributed by atoms with Gasteiger partial charge in [0.25, 0.3) is 0 Å². The molecule has 2 bridgehead atoms. The van der Waals surface area contributed by atoms with Gasteiger partial charge in [-0.05, 0) is 55.4 Å². The number of aromatic nitrogens is 2. The number of hydrogen-bond donors (Lipinski definition) is 2. The van der Waals surface area contributed by atoms with Crippen molar-refractivity contribution in [3.05, 3.63) is 30.2 Å². The Hall–Kier alpha value is -2.42. The molecule has 4 rings (SSSR count). The van der Waals surface area contributed by atoms with Crippen LogP contribution >= 0.6 is 0 Å². The molecule has 2 fully saturated rings. The van der Waals surface area contributed by atoms with Gasteiger partial charge in [-0.2, -0.15) is 18.2 Å². The van der Waals surface area contributed by atoms with Crippen molar-refractivity contribution in [1.82, 2.24) is 10.1 Å². The second-order valence-electron chi connectivity index (χ2n) is 6.92. The number of nitrogens with one attached hydrogen (secondary N) is 1. The summed E-state index contributed by atoms with van der Waals surface area (Å²) in [5, 5.41) is 6.18. The topological polar surface area (TPSA) is 94.0 Å². The third-order valence-corrected chi connectivity index (χ3v) is 5.36. The van der Waals surface area contributed by atoms with Crippen LogP contribution < -0.4 is 11.1 Å². The Morgan fingerprint density at radius 2 is 1.88 bits per heavy atom. The number of nitrogens with two attached hydrogens (primary N) is 1. The van der Waals surface area contributed by atoms with Crippen LogP contribution in [0.5, 0.6) is 0 Å². The Morgan fingerprint density at radius 1 is 1.19 bits per heavy atom. The van der Waals surface area contributed by atoms with E-state index in [2.05, 4.69) is 20.0 Å². The predicted molar refractivity (Wildman–Crippen MR) is 85.7 cm³/mol. The number of amides is 1. The highest BCUT2D eigenvalue weighted by molar-refractivity contribution is 5.93. The van der Waals surface area contributed by atoms with E-state index in [1.54, 1.807) is 12.1 Å². The monoisotopic (exact) mass is 366 g/mol. The second-order valence-corrected chi connectivity index (χ2v) is 6.92. The molecular formula is C17H17F3N4O2. The van der Waals surface area contributed by atoms with E-state index in [-0.39, 0.29) is 23.7 Å². The lowest BCUT2D eigenvalue weighted by molar-refractivity contribution is -0.159. The van der Waals surface area contributed by atoms with Crippen molar-refractivity contribution in [3.63, 3.8) is 0 Å². The first kappa shape index (κ1) is 17.0. The van der Waals surface area contributed by atoms with Crippen LogP contribution in [-0.2, 0) is 11.0 Å². The highest BCUT2D eigenvalue weighted by Crippen LogP contribution is 2.47. The molecule has 1 aromatic heterocycles. The van der Waals surface area contributed by atoms with Crippen LogP contribution in [0.1, 0.15) is 25.2 Å². The minimum atomic E-state index is -4.68. The average Bonchev–Trinajstić information content (AvgIpc) is 3.30. The zero-order chi connectivity index (χ0) is 18.5. The first-order valence-electron chi connectivity index (χ1n) is 8.40. The molecule has 0 radical (unpaired) electrons. The molecule has 9 heteroatoms. The van der Waals surface area contributed by atoms with Crippen LogP contribution in [-0.4, -0.2) is 22.1 Å².